The lowest BCUT2D eigenvalue weighted by Gasteiger charge is -2.25. The molecule has 196 valence electrons. The molecule has 36 heavy (non-hydrogen) atoms. The molecular weight excluding hydrogens is 500 g/mol. The Bertz CT molecular complexity index is 1260. The Kier molecular flexibility index (Phi) is 8.19. The van der Waals surface area contributed by atoms with E-state index in [0.717, 1.165) is 23.8 Å². The number of esters is 1. The van der Waals surface area contributed by atoms with Gasteiger partial charge in [-0.15, -0.1) is 0 Å². The molecule has 2 heterocycles. The van der Waals surface area contributed by atoms with Crippen LogP contribution in [0.25, 0.3) is 0 Å². The van der Waals surface area contributed by atoms with E-state index in [-0.39, 0.29) is 5.75 Å². The lowest BCUT2D eigenvalue weighted by Crippen LogP contribution is -2.43. The lowest BCUT2D eigenvalue weighted by atomic mass is 9.98. The number of nitrogens with zero attached hydrogens (tertiary/aromatic N) is 1. The molecule has 1 aliphatic heterocycles. The molecule has 3 N–H and O–H groups in total. The number of nitrogens with one attached hydrogen (secondary N) is 2. The number of para-hydroxylation sites is 1. The van der Waals surface area contributed by atoms with Gasteiger partial charge in [-0.3, -0.25) is 24.0 Å². The largest absolute Gasteiger partial charge is 0.486 e. The summed E-state index contributed by atoms with van der Waals surface area (Å²) >= 11 is 0. The van der Waals surface area contributed by atoms with Crippen molar-refractivity contribution in [2.45, 2.75) is 51.0 Å². The highest BCUT2D eigenvalue weighted by Crippen LogP contribution is 2.47. The van der Waals surface area contributed by atoms with Gasteiger partial charge in [0.25, 0.3) is 5.56 Å². The fourth-order valence-corrected chi connectivity index (χ4v) is 4.66. The summed E-state index contributed by atoms with van der Waals surface area (Å²) in [5, 5.41) is 12.8. The van der Waals surface area contributed by atoms with Gasteiger partial charge in [0.1, 0.15) is 23.7 Å². The highest BCUT2D eigenvalue weighted by Gasteiger charge is 2.55. The van der Waals surface area contributed by atoms with Crippen LogP contribution in [-0.2, 0) is 23.4 Å². The molecule has 14 heteroatoms. The zero-order valence-corrected chi connectivity index (χ0v) is 20.6. The van der Waals surface area contributed by atoms with Crippen molar-refractivity contribution < 1.29 is 37.4 Å². The number of rotatable bonds is 10. The van der Waals surface area contributed by atoms with Crippen LogP contribution >= 0.6 is 7.75 Å². The zero-order valence-electron chi connectivity index (χ0n) is 19.8. The summed E-state index contributed by atoms with van der Waals surface area (Å²) in [4.78, 5) is 37.6. The van der Waals surface area contributed by atoms with Crippen LogP contribution in [0.5, 0.6) is 5.75 Å². The second-order valence-corrected chi connectivity index (χ2v) is 10.0. The minimum absolute atomic E-state index is 0.110. The number of alkyl halides is 1. The van der Waals surface area contributed by atoms with Gasteiger partial charge in [0.2, 0.25) is 0 Å². The average molecular weight is 527 g/mol. The number of hydrogen-bond acceptors (Lipinski definition) is 9. The number of carbonyl (C=O) groups excluding carboxylic acids is 1. The standard InChI is InChI=1S/C22H27FN3O9P/c1-13(2)33-19(29)14(3)25-36(31,35-15-8-6-5-7-9-15)32-12-16-18(28)22(4,23)20(34-16)26-11-10-17(27)24-21(26)30/h5-11,13,16,18,20,28H,3,12H2,1-2,4H3,(H,25,31)(H,24,27,30)/t16-,18-,20-,22-,36?/m1/s1. The SMILES string of the molecule is C=C(NP(=O)(OC[C@H]1O[C@@H](n2ccc(=O)[nH]c2=O)[C@](C)(F)[C@@H]1O)Oc1ccccc1)C(=O)OC(C)C. The van der Waals surface area contributed by atoms with Gasteiger partial charge in [0.05, 0.1) is 12.7 Å². The molecule has 12 nitrogen and oxygen atoms in total. The van der Waals surface area contributed by atoms with Gasteiger partial charge in [0, 0.05) is 12.3 Å². The van der Waals surface area contributed by atoms with E-state index in [2.05, 4.69) is 11.7 Å². The third kappa shape index (κ3) is 6.30. The molecule has 1 aromatic heterocycles. The van der Waals surface area contributed by atoms with Gasteiger partial charge in [-0.05, 0) is 32.9 Å². The summed E-state index contributed by atoms with van der Waals surface area (Å²) in [6.45, 7) is 7.03. The number of benzene rings is 1. The molecule has 0 radical (unpaired) electrons. The van der Waals surface area contributed by atoms with E-state index in [4.69, 9.17) is 18.5 Å². The first-order valence-corrected chi connectivity index (χ1v) is 12.4. The van der Waals surface area contributed by atoms with Crippen molar-refractivity contribution in [3.63, 3.8) is 0 Å². The minimum atomic E-state index is -4.40. The van der Waals surface area contributed by atoms with Crippen LogP contribution in [0.15, 0.2) is 64.5 Å². The molecular formula is C22H27FN3O9P. The highest BCUT2D eigenvalue weighted by molar-refractivity contribution is 7.52. The van der Waals surface area contributed by atoms with Crippen LogP contribution in [-0.4, -0.2) is 51.2 Å². The number of halogens is 1. The quantitative estimate of drug-likeness (QED) is 0.236. The predicted molar refractivity (Wildman–Crippen MR) is 125 cm³/mol. The number of H-pyrrole nitrogens is 1. The molecule has 0 bridgehead atoms. The Balaban J connectivity index is 1.80. The van der Waals surface area contributed by atoms with Crippen molar-refractivity contribution in [1.29, 1.82) is 0 Å². The molecule has 5 atom stereocenters. The fraction of sp³-hybridized carbons (Fsp3) is 0.409. The van der Waals surface area contributed by atoms with Gasteiger partial charge < -0.3 is 19.1 Å². The summed E-state index contributed by atoms with van der Waals surface area (Å²) < 4.78 is 51.1. The van der Waals surface area contributed by atoms with E-state index in [9.17, 15) is 24.1 Å². The maximum absolute atomic E-state index is 15.4. The summed E-state index contributed by atoms with van der Waals surface area (Å²) in [5.74, 6) is -0.796. The molecule has 0 aliphatic carbocycles. The molecule has 1 aromatic carbocycles. The second kappa shape index (κ2) is 10.8. The van der Waals surface area contributed by atoms with E-state index in [1.54, 1.807) is 32.0 Å². The maximum atomic E-state index is 15.4. The number of aliphatic hydroxyl groups is 1. The average Bonchev–Trinajstić information content (AvgIpc) is 3.01. The topological polar surface area (TPSA) is 158 Å². The van der Waals surface area contributed by atoms with Crippen LogP contribution in [0.2, 0.25) is 0 Å². The normalized spacial score (nSPS) is 25.2. The molecule has 0 amide bonds. The Morgan fingerprint density at radius 3 is 2.61 bits per heavy atom. The van der Waals surface area contributed by atoms with Crippen LogP contribution < -0.4 is 20.9 Å². The Hall–Kier alpha value is -3.25. The Labute approximate surface area is 205 Å². The fourth-order valence-electron chi connectivity index (χ4n) is 3.33. The molecule has 1 unspecified atom stereocenters. The number of aliphatic hydroxyl groups excluding tert-OH is 1. The predicted octanol–water partition coefficient (Wildman–Crippen LogP) is 1.78. The van der Waals surface area contributed by atoms with Crippen molar-refractivity contribution in [3.05, 3.63) is 75.7 Å². The molecule has 0 saturated carbocycles. The summed E-state index contributed by atoms with van der Waals surface area (Å²) in [6.07, 6.45) is -4.35. The first kappa shape index (κ1) is 27.3. The lowest BCUT2D eigenvalue weighted by molar-refractivity contribution is -0.142. The third-order valence-electron chi connectivity index (χ3n) is 5.06. The molecule has 2 aromatic rings. The third-order valence-corrected chi connectivity index (χ3v) is 6.54. The Morgan fingerprint density at radius 2 is 2.00 bits per heavy atom. The first-order chi connectivity index (χ1) is 16.8. The number of hydrogen-bond donors (Lipinski definition) is 3. The van der Waals surface area contributed by atoms with E-state index < -0.39 is 67.5 Å². The van der Waals surface area contributed by atoms with Crippen molar-refractivity contribution in [1.82, 2.24) is 14.6 Å². The Morgan fingerprint density at radius 1 is 1.33 bits per heavy atom. The second-order valence-electron chi connectivity index (χ2n) is 8.38. The van der Waals surface area contributed by atoms with E-state index in [0.29, 0.717) is 0 Å². The summed E-state index contributed by atoms with van der Waals surface area (Å²) in [6, 6.07) is 8.84. The van der Waals surface area contributed by atoms with Crippen molar-refractivity contribution in [3.8, 4) is 5.75 Å². The van der Waals surface area contributed by atoms with Gasteiger partial charge in [-0.25, -0.2) is 18.5 Å². The van der Waals surface area contributed by atoms with Gasteiger partial charge in [-0.2, -0.15) is 0 Å². The van der Waals surface area contributed by atoms with Crippen molar-refractivity contribution in [2.24, 2.45) is 0 Å². The maximum Gasteiger partial charge on any atom is 0.486 e. The van der Waals surface area contributed by atoms with Crippen LogP contribution in [0.3, 0.4) is 0 Å². The number of aromatic amines is 1. The highest BCUT2D eigenvalue weighted by atomic mass is 31.2. The molecule has 1 fully saturated rings. The van der Waals surface area contributed by atoms with Gasteiger partial charge in [0.15, 0.2) is 11.9 Å². The van der Waals surface area contributed by atoms with Crippen LogP contribution in [0.1, 0.15) is 27.0 Å². The smallest absolute Gasteiger partial charge is 0.458 e. The molecule has 1 saturated heterocycles. The molecule has 3 rings (SSSR count). The van der Waals surface area contributed by atoms with Crippen LogP contribution in [0, 0.1) is 0 Å². The summed E-state index contributed by atoms with van der Waals surface area (Å²) in [7, 11) is -4.40. The monoisotopic (exact) mass is 527 g/mol. The minimum Gasteiger partial charge on any atom is -0.458 e. The molecule has 1 aliphatic rings. The van der Waals surface area contributed by atoms with E-state index in [1.165, 1.54) is 12.1 Å². The number of carbonyl (C=O) groups is 1. The van der Waals surface area contributed by atoms with E-state index in [1.807, 2.05) is 4.98 Å². The van der Waals surface area contributed by atoms with E-state index >= 15 is 4.39 Å². The number of aromatic nitrogens is 2. The summed E-state index contributed by atoms with van der Waals surface area (Å²) in [5.41, 5.74) is -4.58. The van der Waals surface area contributed by atoms with Gasteiger partial charge >= 0.3 is 19.4 Å². The zero-order chi connectivity index (χ0) is 26.7. The molecule has 0 spiro atoms. The number of ether oxygens (including phenoxy) is 2. The van der Waals surface area contributed by atoms with Gasteiger partial charge in [-0.1, -0.05) is 24.8 Å². The van der Waals surface area contributed by atoms with Crippen molar-refractivity contribution in [2.75, 3.05) is 6.61 Å². The first-order valence-electron chi connectivity index (χ1n) is 10.8. The van der Waals surface area contributed by atoms with Crippen molar-refractivity contribution >= 4 is 13.7 Å². The van der Waals surface area contributed by atoms with Crippen LogP contribution in [0.4, 0.5) is 4.39 Å².